The summed E-state index contributed by atoms with van der Waals surface area (Å²) in [5.41, 5.74) is 8.77. The highest BCUT2D eigenvalue weighted by atomic mass is 16.5. The van der Waals surface area contributed by atoms with Crippen LogP contribution in [0.5, 0.6) is 5.75 Å². The van der Waals surface area contributed by atoms with Gasteiger partial charge in [0.1, 0.15) is 5.75 Å². The molecule has 2 aromatic rings. The van der Waals surface area contributed by atoms with Crippen LogP contribution in [0.3, 0.4) is 0 Å². The van der Waals surface area contributed by atoms with Gasteiger partial charge in [-0.2, -0.15) is 0 Å². The highest BCUT2D eigenvalue weighted by Gasteiger charge is 2.29. The van der Waals surface area contributed by atoms with Crippen molar-refractivity contribution in [3.63, 3.8) is 0 Å². The molecule has 0 radical (unpaired) electrons. The van der Waals surface area contributed by atoms with Gasteiger partial charge in [0, 0.05) is 11.5 Å². The highest BCUT2D eigenvalue weighted by Crippen LogP contribution is 2.35. The third-order valence-corrected chi connectivity index (χ3v) is 3.91. The van der Waals surface area contributed by atoms with E-state index in [1.54, 1.807) is 0 Å². The van der Waals surface area contributed by atoms with E-state index in [0.29, 0.717) is 0 Å². The van der Waals surface area contributed by atoms with E-state index in [9.17, 15) is 0 Å². The van der Waals surface area contributed by atoms with Crippen molar-refractivity contribution < 1.29 is 4.74 Å². The molecule has 0 aromatic heterocycles. The van der Waals surface area contributed by atoms with E-state index in [1.807, 2.05) is 32.0 Å². The first-order chi connectivity index (χ1) is 9.91. The van der Waals surface area contributed by atoms with E-state index in [1.165, 1.54) is 5.56 Å². The van der Waals surface area contributed by atoms with Crippen LogP contribution in [0.1, 0.15) is 44.9 Å². The largest absolute Gasteiger partial charge is 0.491 e. The molecule has 0 heterocycles. The number of ether oxygens (including phenoxy) is 1. The van der Waals surface area contributed by atoms with Gasteiger partial charge in [-0.25, -0.2) is 0 Å². The highest BCUT2D eigenvalue weighted by molar-refractivity contribution is 5.34. The molecule has 0 spiro atoms. The Hall–Kier alpha value is -1.80. The standard InChI is InChI=1S/C19H25NO/c1-14(2)21-17-12-10-15(11-13-17)18(20)19(3,4)16-8-6-5-7-9-16/h5-14,18H,20H2,1-4H3. The molecule has 112 valence electrons. The smallest absolute Gasteiger partial charge is 0.119 e. The lowest BCUT2D eigenvalue weighted by Gasteiger charge is -2.32. The Morgan fingerprint density at radius 3 is 2.00 bits per heavy atom. The molecule has 0 bridgehead atoms. The molecule has 0 aliphatic carbocycles. The molecule has 0 saturated carbocycles. The molecule has 2 N–H and O–H groups in total. The van der Waals surface area contributed by atoms with Gasteiger partial charge in [-0.3, -0.25) is 0 Å². The molecule has 2 nitrogen and oxygen atoms in total. The molecular formula is C19H25NO. The van der Waals surface area contributed by atoms with E-state index in [-0.39, 0.29) is 17.6 Å². The van der Waals surface area contributed by atoms with Gasteiger partial charge in [0.15, 0.2) is 0 Å². The van der Waals surface area contributed by atoms with E-state index < -0.39 is 0 Å². The molecule has 0 saturated heterocycles. The summed E-state index contributed by atoms with van der Waals surface area (Å²) in [6, 6.07) is 18.5. The van der Waals surface area contributed by atoms with Gasteiger partial charge in [0.05, 0.1) is 6.10 Å². The van der Waals surface area contributed by atoms with Gasteiger partial charge in [-0.15, -0.1) is 0 Å². The predicted molar refractivity (Wildman–Crippen MR) is 88.6 cm³/mol. The van der Waals surface area contributed by atoms with E-state index in [2.05, 4.69) is 50.2 Å². The van der Waals surface area contributed by atoms with Crippen LogP contribution < -0.4 is 10.5 Å². The van der Waals surface area contributed by atoms with Crippen molar-refractivity contribution in [1.82, 2.24) is 0 Å². The fourth-order valence-corrected chi connectivity index (χ4v) is 2.49. The number of rotatable bonds is 5. The van der Waals surface area contributed by atoms with Crippen molar-refractivity contribution in [2.24, 2.45) is 5.73 Å². The summed E-state index contributed by atoms with van der Waals surface area (Å²) in [4.78, 5) is 0. The number of hydrogen-bond acceptors (Lipinski definition) is 2. The SMILES string of the molecule is CC(C)Oc1ccc(C(N)C(C)(C)c2ccccc2)cc1. The third-order valence-electron chi connectivity index (χ3n) is 3.91. The summed E-state index contributed by atoms with van der Waals surface area (Å²) in [5.74, 6) is 0.887. The zero-order valence-corrected chi connectivity index (χ0v) is 13.3. The number of benzene rings is 2. The second-order valence-corrected chi connectivity index (χ2v) is 6.30. The molecule has 1 atom stereocenters. The van der Waals surface area contributed by atoms with Gasteiger partial charge in [-0.1, -0.05) is 56.3 Å². The van der Waals surface area contributed by atoms with Gasteiger partial charge >= 0.3 is 0 Å². The monoisotopic (exact) mass is 283 g/mol. The van der Waals surface area contributed by atoms with Crippen LogP contribution in [0.4, 0.5) is 0 Å². The van der Waals surface area contributed by atoms with Crippen molar-refractivity contribution in [2.45, 2.75) is 45.3 Å². The average molecular weight is 283 g/mol. The van der Waals surface area contributed by atoms with Crippen LogP contribution in [0.15, 0.2) is 54.6 Å². The first-order valence-electron chi connectivity index (χ1n) is 7.49. The predicted octanol–water partition coefficient (Wildman–Crippen LogP) is 4.45. The second-order valence-electron chi connectivity index (χ2n) is 6.30. The molecule has 2 rings (SSSR count). The molecule has 0 fully saturated rings. The molecular weight excluding hydrogens is 258 g/mol. The van der Waals surface area contributed by atoms with Gasteiger partial charge in [0.25, 0.3) is 0 Å². The minimum absolute atomic E-state index is 0.0620. The summed E-state index contributed by atoms with van der Waals surface area (Å²) in [6.07, 6.45) is 0.185. The molecule has 0 aliphatic heterocycles. The Kier molecular flexibility index (Phi) is 4.69. The Morgan fingerprint density at radius 1 is 0.905 bits per heavy atom. The molecule has 0 amide bonds. The van der Waals surface area contributed by atoms with Crippen molar-refractivity contribution >= 4 is 0 Å². The van der Waals surface area contributed by atoms with Crippen molar-refractivity contribution in [2.75, 3.05) is 0 Å². The van der Waals surface area contributed by atoms with Gasteiger partial charge in [0.2, 0.25) is 0 Å². The summed E-state index contributed by atoms with van der Waals surface area (Å²) >= 11 is 0. The van der Waals surface area contributed by atoms with E-state index >= 15 is 0 Å². The summed E-state index contributed by atoms with van der Waals surface area (Å²) in [7, 11) is 0. The second kappa shape index (κ2) is 6.31. The Labute approximate surface area is 127 Å². The summed E-state index contributed by atoms with van der Waals surface area (Å²) < 4.78 is 5.68. The normalized spacial score (nSPS) is 13.2. The molecule has 0 aliphatic rings. The van der Waals surface area contributed by atoms with Crippen molar-refractivity contribution in [3.05, 3.63) is 65.7 Å². The molecule has 2 aromatic carbocycles. The molecule has 1 unspecified atom stereocenters. The lowest BCUT2D eigenvalue weighted by Crippen LogP contribution is -2.33. The van der Waals surface area contributed by atoms with Crippen LogP contribution in [-0.4, -0.2) is 6.10 Å². The van der Waals surface area contributed by atoms with E-state index in [0.717, 1.165) is 11.3 Å². The zero-order valence-electron chi connectivity index (χ0n) is 13.3. The van der Waals surface area contributed by atoms with Crippen molar-refractivity contribution in [1.29, 1.82) is 0 Å². The molecule has 21 heavy (non-hydrogen) atoms. The Balaban J connectivity index is 2.21. The van der Waals surface area contributed by atoms with Crippen LogP contribution in [0.2, 0.25) is 0 Å². The minimum atomic E-state index is -0.123. The number of nitrogens with two attached hydrogens (primary N) is 1. The zero-order chi connectivity index (χ0) is 15.5. The van der Waals surface area contributed by atoms with Gasteiger partial charge in [-0.05, 0) is 37.1 Å². The topological polar surface area (TPSA) is 35.2 Å². The maximum absolute atomic E-state index is 6.52. The first-order valence-corrected chi connectivity index (χ1v) is 7.49. The van der Waals surface area contributed by atoms with E-state index in [4.69, 9.17) is 10.5 Å². The fraction of sp³-hybridized carbons (Fsp3) is 0.368. The summed E-state index contributed by atoms with van der Waals surface area (Å²) in [5, 5.41) is 0. The van der Waals surface area contributed by atoms with Crippen LogP contribution in [0, 0.1) is 0 Å². The first kappa shape index (κ1) is 15.6. The maximum Gasteiger partial charge on any atom is 0.119 e. The van der Waals surface area contributed by atoms with Crippen LogP contribution in [-0.2, 0) is 5.41 Å². The Bertz CT molecular complexity index is 558. The fourth-order valence-electron chi connectivity index (χ4n) is 2.49. The molecule has 2 heteroatoms. The summed E-state index contributed by atoms with van der Waals surface area (Å²) in [6.45, 7) is 8.42. The van der Waals surface area contributed by atoms with Crippen LogP contribution in [0.25, 0.3) is 0 Å². The minimum Gasteiger partial charge on any atom is -0.491 e. The third kappa shape index (κ3) is 3.64. The Morgan fingerprint density at radius 2 is 1.48 bits per heavy atom. The number of hydrogen-bond donors (Lipinski definition) is 1. The average Bonchev–Trinajstić information content (AvgIpc) is 2.47. The quantitative estimate of drug-likeness (QED) is 0.879. The van der Waals surface area contributed by atoms with Gasteiger partial charge < -0.3 is 10.5 Å². The lowest BCUT2D eigenvalue weighted by atomic mass is 9.75. The maximum atomic E-state index is 6.52. The van der Waals surface area contributed by atoms with Crippen LogP contribution >= 0.6 is 0 Å². The van der Waals surface area contributed by atoms with Crippen molar-refractivity contribution in [3.8, 4) is 5.75 Å². The lowest BCUT2D eigenvalue weighted by molar-refractivity contribution is 0.242.